The van der Waals surface area contributed by atoms with Gasteiger partial charge in [-0.15, -0.1) is 0 Å². The maximum atomic E-state index is 8.17. The van der Waals surface area contributed by atoms with Crippen LogP contribution in [0.4, 0.5) is 0 Å². The van der Waals surface area contributed by atoms with Gasteiger partial charge in [-0.1, -0.05) is 0 Å². The Bertz CT molecular complexity index is 26.1. The third-order valence-electron chi connectivity index (χ3n) is 0.547. The second-order valence-corrected chi connectivity index (χ2v) is 1.23. The van der Waals surface area contributed by atoms with Crippen molar-refractivity contribution in [2.24, 2.45) is 0 Å². The predicted molar refractivity (Wildman–Crippen MR) is 22.4 cm³/mol. The third-order valence-corrected chi connectivity index (χ3v) is 0.547. The van der Waals surface area contributed by atoms with Crippen molar-refractivity contribution in [2.45, 2.75) is 18.9 Å². The zero-order valence-electron chi connectivity index (χ0n) is 2.44. The number of aliphatic hydroxyl groups is 1. The summed E-state index contributed by atoms with van der Waals surface area (Å²) in [5.41, 5.74) is 0. The van der Waals surface area contributed by atoms with Gasteiger partial charge in [0.15, 0.2) is 0 Å². The number of hydrogen-bond donors (Lipinski definition) is 1. The molecule has 1 aliphatic rings. The fourth-order valence-corrected chi connectivity index (χ4v) is 0.0745. The molecule has 0 atom stereocenters. The normalized spacial score (nSPS) is 21.0. The molecular formula is C3H7LiO. The molecule has 1 saturated carbocycles. The van der Waals surface area contributed by atoms with Crippen molar-refractivity contribution >= 4 is 18.9 Å². The van der Waals surface area contributed by atoms with Crippen LogP contribution in [0.2, 0.25) is 0 Å². The summed E-state index contributed by atoms with van der Waals surface area (Å²) in [5.74, 6) is 0. The molecule has 0 amide bonds. The van der Waals surface area contributed by atoms with Crippen LogP contribution in [0, 0.1) is 0 Å². The van der Waals surface area contributed by atoms with Crippen LogP contribution in [-0.2, 0) is 0 Å². The molecule has 0 spiro atoms. The molecule has 0 saturated heterocycles. The Balaban J connectivity index is 0.000000160. The van der Waals surface area contributed by atoms with Crippen LogP contribution in [0.25, 0.3) is 0 Å². The van der Waals surface area contributed by atoms with E-state index in [2.05, 4.69) is 0 Å². The minimum atomic E-state index is 0. The van der Waals surface area contributed by atoms with Gasteiger partial charge in [0.25, 0.3) is 0 Å². The van der Waals surface area contributed by atoms with Gasteiger partial charge in [0.1, 0.15) is 0 Å². The quantitative estimate of drug-likeness (QED) is 0.378. The fourth-order valence-electron chi connectivity index (χ4n) is 0.0745. The summed E-state index contributed by atoms with van der Waals surface area (Å²) in [6.45, 7) is 0. The van der Waals surface area contributed by atoms with Crippen molar-refractivity contribution in [2.75, 3.05) is 0 Å². The van der Waals surface area contributed by atoms with Crippen LogP contribution in [0.15, 0.2) is 0 Å². The van der Waals surface area contributed by atoms with E-state index in [0.717, 1.165) is 12.8 Å². The molecule has 0 heterocycles. The number of hydrogen-bond acceptors (Lipinski definition) is 1. The molecule has 0 aromatic rings. The van der Waals surface area contributed by atoms with Crippen LogP contribution >= 0.6 is 0 Å². The summed E-state index contributed by atoms with van der Waals surface area (Å²) in [5, 5.41) is 8.17. The molecule has 0 bridgehead atoms. The molecule has 0 aromatic carbocycles. The predicted octanol–water partition coefficient (Wildman–Crippen LogP) is -0.507. The molecule has 0 radical (unpaired) electrons. The first-order chi connectivity index (χ1) is 1.89. The van der Waals surface area contributed by atoms with Crippen LogP contribution in [0.1, 0.15) is 12.8 Å². The summed E-state index contributed by atoms with van der Waals surface area (Å²) < 4.78 is 0. The fraction of sp³-hybridized carbons (Fsp3) is 1.00. The summed E-state index contributed by atoms with van der Waals surface area (Å²) in [6.07, 6.45) is 2.17. The van der Waals surface area contributed by atoms with Crippen LogP contribution < -0.4 is 0 Å². The van der Waals surface area contributed by atoms with Gasteiger partial charge in [0.2, 0.25) is 0 Å². The molecule has 26 valence electrons. The van der Waals surface area contributed by atoms with Crippen molar-refractivity contribution in [1.82, 2.24) is 0 Å². The molecule has 1 aliphatic carbocycles. The van der Waals surface area contributed by atoms with E-state index in [1.54, 1.807) is 0 Å². The molecule has 1 fully saturated rings. The van der Waals surface area contributed by atoms with E-state index >= 15 is 0 Å². The van der Waals surface area contributed by atoms with E-state index in [0.29, 0.717) is 0 Å². The zero-order valence-corrected chi connectivity index (χ0v) is 2.44. The van der Waals surface area contributed by atoms with Gasteiger partial charge in [-0.3, -0.25) is 0 Å². The van der Waals surface area contributed by atoms with Gasteiger partial charge >= 0.3 is 18.9 Å². The Morgan fingerprint density at radius 3 is 1.60 bits per heavy atom. The molecule has 1 rings (SSSR count). The van der Waals surface area contributed by atoms with Crippen LogP contribution in [0.5, 0.6) is 0 Å². The Morgan fingerprint density at radius 2 is 1.60 bits per heavy atom. The van der Waals surface area contributed by atoms with Crippen molar-refractivity contribution < 1.29 is 5.11 Å². The first-order valence-electron chi connectivity index (χ1n) is 1.57. The summed E-state index contributed by atoms with van der Waals surface area (Å²) in [6, 6.07) is 0. The molecule has 5 heavy (non-hydrogen) atoms. The number of rotatable bonds is 0. The molecule has 0 unspecified atom stereocenters. The van der Waals surface area contributed by atoms with E-state index in [9.17, 15) is 0 Å². The van der Waals surface area contributed by atoms with E-state index in [1.807, 2.05) is 0 Å². The van der Waals surface area contributed by atoms with Gasteiger partial charge in [0.05, 0.1) is 6.10 Å². The van der Waals surface area contributed by atoms with Crippen LogP contribution in [0.3, 0.4) is 0 Å². The van der Waals surface area contributed by atoms with Gasteiger partial charge in [0, 0.05) is 0 Å². The molecular weight excluding hydrogens is 59.0 g/mol. The molecule has 0 aromatic heterocycles. The topological polar surface area (TPSA) is 20.2 Å². The van der Waals surface area contributed by atoms with Gasteiger partial charge in [-0.2, -0.15) is 0 Å². The summed E-state index contributed by atoms with van der Waals surface area (Å²) in [7, 11) is 0. The Hall–Kier alpha value is 0.557. The van der Waals surface area contributed by atoms with Crippen molar-refractivity contribution in [3.63, 3.8) is 0 Å². The average Bonchev–Trinajstić information content (AvgIpc) is 1.75. The second-order valence-electron chi connectivity index (χ2n) is 1.23. The first kappa shape index (κ1) is 5.56. The van der Waals surface area contributed by atoms with E-state index in [4.69, 9.17) is 5.11 Å². The van der Waals surface area contributed by atoms with Crippen molar-refractivity contribution in [3.8, 4) is 0 Å². The molecule has 1 nitrogen and oxygen atoms in total. The Labute approximate surface area is 43.6 Å². The van der Waals surface area contributed by atoms with E-state index in [1.165, 1.54) is 0 Å². The molecule has 2 heteroatoms. The standard InChI is InChI=1S/C3H6O.Li.H/c4-3-1-2-3;;/h3-4H,1-2H2;;. The van der Waals surface area contributed by atoms with E-state index in [-0.39, 0.29) is 25.0 Å². The van der Waals surface area contributed by atoms with Crippen LogP contribution in [-0.4, -0.2) is 30.1 Å². The monoisotopic (exact) mass is 66.1 g/mol. The maximum absolute atomic E-state index is 8.17. The third kappa shape index (κ3) is 2.36. The van der Waals surface area contributed by atoms with Gasteiger partial charge in [-0.05, 0) is 12.8 Å². The van der Waals surface area contributed by atoms with Gasteiger partial charge in [-0.25, -0.2) is 0 Å². The number of aliphatic hydroxyl groups excluding tert-OH is 1. The average molecular weight is 66.0 g/mol. The molecule has 0 aliphatic heterocycles. The Morgan fingerprint density at radius 1 is 1.40 bits per heavy atom. The van der Waals surface area contributed by atoms with Crippen molar-refractivity contribution in [3.05, 3.63) is 0 Å². The van der Waals surface area contributed by atoms with E-state index < -0.39 is 0 Å². The molecule has 1 N–H and O–H groups in total. The summed E-state index contributed by atoms with van der Waals surface area (Å²) in [4.78, 5) is 0. The first-order valence-corrected chi connectivity index (χ1v) is 1.57. The zero-order chi connectivity index (χ0) is 2.99. The Kier molecular flexibility index (Phi) is 2.08. The second kappa shape index (κ2) is 1.87. The van der Waals surface area contributed by atoms with Gasteiger partial charge < -0.3 is 5.11 Å². The SMILES string of the molecule is OC1CC1.[LiH]. The van der Waals surface area contributed by atoms with Crippen molar-refractivity contribution in [1.29, 1.82) is 0 Å². The summed E-state index contributed by atoms with van der Waals surface area (Å²) >= 11 is 0. The minimum absolute atomic E-state index is 0.